The van der Waals surface area contributed by atoms with Crippen LogP contribution in [0.2, 0.25) is 0 Å². The normalized spacial score (nSPS) is 18.5. The number of aromatic nitrogens is 2. The van der Waals surface area contributed by atoms with E-state index in [2.05, 4.69) is 21.2 Å². The molecule has 0 radical (unpaired) electrons. The van der Waals surface area contributed by atoms with Gasteiger partial charge in [-0.1, -0.05) is 0 Å². The third kappa shape index (κ3) is 2.58. The van der Waals surface area contributed by atoms with E-state index in [0.29, 0.717) is 17.8 Å². The van der Waals surface area contributed by atoms with Crippen LogP contribution >= 0.6 is 11.3 Å². The molecule has 1 aliphatic heterocycles. The Morgan fingerprint density at radius 3 is 3.30 bits per heavy atom. The quantitative estimate of drug-likeness (QED) is 0.703. The Balaban J connectivity index is 1.61. The molecule has 1 unspecified atom stereocenters. The molecule has 1 atom stereocenters. The number of hydrogen-bond acceptors (Lipinski definition) is 6. The number of carbonyl (C=O) groups is 1. The van der Waals surface area contributed by atoms with E-state index in [1.807, 2.05) is 11.4 Å². The zero-order chi connectivity index (χ0) is 13.9. The van der Waals surface area contributed by atoms with Crippen LogP contribution in [-0.4, -0.2) is 34.6 Å². The Kier molecular flexibility index (Phi) is 3.77. The van der Waals surface area contributed by atoms with Crippen LogP contribution in [0.1, 0.15) is 6.42 Å². The highest BCUT2D eigenvalue weighted by molar-refractivity contribution is 7.17. The fourth-order valence-corrected chi connectivity index (χ4v) is 2.93. The topological polar surface area (TPSA) is 88.0 Å². The molecule has 3 heterocycles. The predicted molar refractivity (Wildman–Crippen MR) is 76.4 cm³/mol. The molecule has 20 heavy (non-hydrogen) atoms. The van der Waals surface area contributed by atoms with Gasteiger partial charge in [0.25, 0.3) is 5.56 Å². The molecule has 0 bridgehead atoms. The van der Waals surface area contributed by atoms with Gasteiger partial charge in [0, 0.05) is 19.6 Å². The average molecular weight is 293 g/mol. The van der Waals surface area contributed by atoms with Gasteiger partial charge in [0.05, 0.1) is 11.8 Å². The van der Waals surface area contributed by atoms with Crippen molar-refractivity contribution >= 4 is 27.5 Å². The minimum absolute atomic E-state index is 0.0480. The molecule has 0 aliphatic carbocycles. The van der Waals surface area contributed by atoms with Crippen LogP contribution in [-0.2, 0) is 11.3 Å². The number of hydrogen-bond donors (Lipinski definition) is 3. The number of thiophene rings is 1. The standard InChI is InChI=1S/C12H15N5O2S/c18-11(9-1-3-15-16-9)13-4-5-17-7-14-8-2-6-20-10(8)12(17)19/h2,6-7,9,15-16H,1,3-5H2,(H,13,18). The van der Waals surface area contributed by atoms with Gasteiger partial charge in [-0.15, -0.1) is 11.3 Å². The van der Waals surface area contributed by atoms with Crippen LogP contribution in [0.15, 0.2) is 22.6 Å². The molecule has 0 saturated carbocycles. The number of hydrazine groups is 1. The molecule has 8 heteroatoms. The van der Waals surface area contributed by atoms with E-state index in [-0.39, 0.29) is 17.5 Å². The summed E-state index contributed by atoms with van der Waals surface area (Å²) in [6.07, 6.45) is 2.30. The Bertz CT molecular complexity index is 674. The Hall–Kier alpha value is -1.77. The maximum absolute atomic E-state index is 12.1. The maximum Gasteiger partial charge on any atom is 0.271 e. The molecule has 1 amide bonds. The van der Waals surface area contributed by atoms with E-state index in [0.717, 1.165) is 18.5 Å². The van der Waals surface area contributed by atoms with Crippen molar-refractivity contribution in [1.82, 2.24) is 25.7 Å². The van der Waals surface area contributed by atoms with Crippen molar-refractivity contribution in [2.45, 2.75) is 19.0 Å². The summed E-state index contributed by atoms with van der Waals surface area (Å²) in [4.78, 5) is 28.1. The fraction of sp³-hybridized carbons (Fsp3) is 0.417. The van der Waals surface area contributed by atoms with Crippen LogP contribution in [0.4, 0.5) is 0 Å². The molecule has 1 aliphatic rings. The average Bonchev–Trinajstić information content (AvgIpc) is 3.11. The van der Waals surface area contributed by atoms with Crippen molar-refractivity contribution in [3.63, 3.8) is 0 Å². The summed E-state index contributed by atoms with van der Waals surface area (Å²) in [5.41, 5.74) is 6.48. The van der Waals surface area contributed by atoms with Crippen LogP contribution < -0.4 is 21.7 Å². The van der Waals surface area contributed by atoms with Gasteiger partial charge in [-0.25, -0.2) is 10.4 Å². The molecular weight excluding hydrogens is 278 g/mol. The van der Waals surface area contributed by atoms with Crippen molar-refractivity contribution in [2.24, 2.45) is 0 Å². The molecule has 0 aromatic carbocycles. The van der Waals surface area contributed by atoms with Gasteiger partial charge in [-0.2, -0.15) is 0 Å². The summed E-state index contributed by atoms with van der Waals surface area (Å²) in [5, 5.41) is 4.67. The number of nitrogens with one attached hydrogen (secondary N) is 3. The lowest BCUT2D eigenvalue weighted by Crippen LogP contribution is -2.44. The third-order valence-corrected chi connectivity index (χ3v) is 4.13. The van der Waals surface area contributed by atoms with Gasteiger partial charge in [0.15, 0.2) is 0 Å². The van der Waals surface area contributed by atoms with Crippen molar-refractivity contribution in [3.8, 4) is 0 Å². The highest BCUT2D eigenvalue weighted by Gasteiger charge is 2.21. The summed E-state index contributed by atoms with van der Waals surface area (Å²) >= 11 is 1.39. The zero-order valence-corrected chi connectivity index (χ0v) is 11.6. The monoisotopic (exact) mass is 293 g/mol. The Morgan fingerprint density at radius 1 is 1.60 bits per heavy atom. The zero-order valence-electron chi connectivity index (χ0n) is 10.8. The minimum atomic E-state index is -0.190. The van der Waals surface area contributed by atoms with Gasteiger partial charge in [-0.3, -0.25) is 19.6 Å². The highest BCUT2D eigenvalue weighted by atomic mass is 32.1. The summed E-state index contributed by atoms with van der Waals surface area (Å²) in [7, 11) is 0. The lowest BCUT2D eigenvalue weighted by molar-refractivity contribution is -0.122. The second-order valence-corrected chi connectivity index (χ2v) is 5.50. The van der Waals surface area contributed by atoms with Gasteiger partial charge < -0.3 is 5.32 Å². The number of amides is 1. The Labute approximate surface area is 119 Å². The molecule has 3 rings (SSSR count). The highest BCUT2D eigenvalue weighted by Crippen LogP contribution is 2.12. The first-order chi connectivity index (χ1) is 9.75. The summed E-state index contributed by atoms with van der Waals surface area (Å²) in [5.74, 6) is -0.0480. The van der Waals surface area contributed by atoms with E-state index < -0.39 is 0 Å². The number of rotatable bonds is 4. The molecule has 7 nitrogen and oxygen atoms in total. The summed E-state index contributed by atoms with van der Waals surface area (Å²) in [6, 6.07) is 1.64. The lowest BCUT2D eigenvalue weighted by Gasteiger charge is -2.11. The van der Waals surface area contributed by atoms with Crippen LogP contribution in [0.25, 0.3) is 10.2 Å². The van der Waals surface area contributed by atoms with Crippen LogP contribution in [0, 0.1) is 0 Å². The van der Waals surface area contributed by atoms with Crippen molar-refractivity contribution in [2.75, 3.05) is 13.1 Å². The van der Waals surface area contributed by atoms with E-state index in [1.165, 1.54) is 22.2 Å². The van der Waals surface area contributed by atoms with E-state index in [1.54, 1.807) is 0 Å². The van der Waals surface area contributed by atoms with Gasteiger partial charge in [0.1, 0.15) is 10.7 Å². The minimum Gasteiger partial charge on any atom is -0.353 e. The van der Waals surface area contributed by atoms with E-state index in [9.17, 15) is 9.59 Å². The first-order valence-corrected chi connectivity index (χ1v) is 7.32. The second kappa shape index (κ2) is 5.70. The van der Waals surface area contributed by atoms with Crippen molar-refractivity contribution in [1.29, 1.82) is 0 Å². The smallest absolute Gasteiger partial charge is 0.271 e. The summed E-state index contributed by atoms with van der Waals surface area (Å²) in [6.45, 7) is 1.62. The van der Waals surface area contributed by atoms with Crippen LogP contribution in [0.3, 0.4) is 0 Å². The van der Waals surface area contributed by atoms with Gasteiger partial charge in [-0.05, 0) is 17.9 Å². The molecule has 3 N–H and O–H groups in total. The maximum atomic E-state index is 12.1. The number of fused-ring (bicyclic) bond motifs is 1. The van der Waals surface area contributed by atoms with E-state index in [4.69, 9.17) is 0 Å². The molecule has 1 saturated heterocycles. The SMILES string of the molecule is O=C(NCCn1cnc2ccsc2c1=O)C1CCNN1. The largest absolute Gasteiger partial charge is 0.353 e. The fourth-order valence-electron chi connectivity index (χ4n) is 2.14. The molecular formula is C12H15N5O2S. The molecule has 1 fully saturated rings. The van der Waals surface area contributed by atoms with Gasteiger partial charge in [0.2, 0.25) is 5.91 Å². The molecule has 106 valence electrons. The molecule has 2 aromatic heterocycles. The lowest BCUT2D eigenvalue weighted by atomic mass is 10.2. The first kappa shape index (κ1) is 13.2. The third-order valence-electron chi connectivity index (χ3n) is 3.24. The number of nitrogens with zero attached hydrogens (tertiary/aromatic N) is 2. The number of carbonyl (C=O) groups excluding carboxylic acids is 1. The van der Waals surface area contributed by atoms with Crippen LogP contribution in [0.5, 0.6) is 0 Å². The van der Waals surface area contributed by atoms with Gasteiger partial charge >= 0.3 is 0 Å². The second-order valence-electron chi connectivity index (χ2n) is 4.58. The molecule has 2 aromatic rings. The Morgan fingerprint density at radius 2 is 2.50 bits per heavy atom. The van der Waals surface area contributed by atoms with E-state index >= 15 is 0 Å². The predicted octanol–water partition coefficient (Wildman–Crippen LogP) is -0.559. The summed E-state index contributed by atoms with van der Waals surface area (Å²) < 4.78 is 2.18. The first-order valence-electron chi connectivity index (χ1n) is 6.44. The molecule has 0 spiro atoms. The van der Waals surface area contributed by atoms with Crippen molar-refractivity contribution < 1.29 is 4.79 Å². The van der Waals surface area contributed by atoms with Crippen molar-refractivity contribution in [3.05, 3.63) is 28.1 Å².